The minimum atomic E-state index is -1.35. The molecule has 198 valence electrons. The summed E-state index contributed by atoms with van der Waals surface area (Å²) in [4.78, 5) is 32.1. The topological polar surface area (TPSA) is 119 Å². The smallest absolute Gasteiger partial charge is 0.238 e. The van der Waals surface area contributed by atoms with Crippen LogP contribution in [0.2, 0.25) is 0 Å². The van der Waals surface area contributed by atoms with E-state index in [-0.39, 0.29) is 40.6 Å². The van der Waals surface area contributed by atoms with Gasteiger partial charge in [-0.3, -0.25) is 9.79 Å². The van der Waals surface area contributed by atoms with Crippen molar-refractivity contribution in [3.63, 3.8) is 0 Å². The summed E-state index contributed by atoms with van der Waals surface area (Å²) >= 11 is 1.11. The first kappa shape index (κ1) is 27.1. The third-order valence-corrected chi connectivity index (χ3v) is 7.99. The number of aromatic nitrogens is 3. The monoisotopic (exact) mass is 539 g/mol. The van der Waals surface area contributed by atoms with Gasteiger partial charge in [-0.05, 0) is 26.0 Å². The molecule has 38 heavy (non-hydrogen) atoms. The van der Waals surface area contributed by atoms with Crippen LogP contribution < -0.4 is 15.8 Å². The van der Waals surface area contributed by atoms with Gasteiger partial charge in [-0.2, -0.15) is 0 Å². The molecule has 0 unspecified atom stereocenters. The highest BCUT2D eigenvalue weighted by Gasteiger charge is 2.54. The van der Waals surface area contributed by atoms with E-state index in [0.29, 0.717) is 11.0 Å². The fourth-order valence-corrected chi connectivity index (χ4v) is 5.87. The molecule has 0 saturated heterocycles. The lowest BCUT2D eigenvalue weighted by Gasteiger charge is -2.47. The third kappa shape index (κ3) is 4.69. The number of aliphatic imine (C=N–C) groups is 1. The quantitative estimate of drug-likeness (QED) is 0.454. The van der Waals surface area contributed by atoms with Crippen molar-refractivity contribution in [3.8, 4) is 18.2 Å². The van der Waals surface area contributed by atoms with Gasteiger partial charge in [0.15, 0.2) is 29.2 Å². The molecule has 3 heterocycles. The van der Waals surface area contributed by atoms with Gasteiger partial charge in [-0.25, -0.2) is 23.7 Å². The normalized spacial score (nSPS) is 22.9. The zero-order valence-corrected chi connectivity index (χ0v) is 22.4. The molecule has 3 atom stereocenters. The summed E-state index contributed by atoms with van der Waals surface area (Å²) in [5, 5.41) is 3.12. The maximum absolute atomic E-state index is 15.4. The number of thioether (sulfide) groups is 1. The number of ether oxygens (including phenoxy) is 1. The number of amidine groups is 1. The van der Waals surface area contributed by atoms with E-state index in [1.54, 1.807) is 40.9 Å². The van der Waals surface area contributed by atoms with E-state index in [9.17, 15) is 4.79 Å². The molecule has 0 radical (unpaired) electrons. The molecule has 1 aliphatic heterocycles. The number of fused-ring (bicyclic) bond motifs is 1. The number of halogens is 2. The molecule has 0 bridgehead atoms. The Balaban J connectivity index is 1.78. The van der Waals surface area contributed by atoms with Crippen LogP contribution in [0.4, 0.5) is 20.3 Å². The van der Waals surface area contributed by atoms with Crippen LogP contribution in [-0.2, 0) is 10.3 Å². The predicted molar refractivity (Wildman–Crippen MR) is 144 cm³/mol. The van der Waals surface area contributed by atoms with Crippen molar-refractivity contribution in [3.05, 3.63) is 47.8 Å². The fourth-order valence-electron chi connectivity index (χ4n) is 4.53. The number of hydrogen-bond acceptors (Lipinski definition) is 9. The summed E-state index contributed by atoms with van der Waals surface area (Å²) in [5.41, 5.74) is 5.78. The second-order valence-electron chi connectivity index (χ2n) is 9.40. The molecule has 0 saturated carbocycles. The second kappa shape index (κ2) is 10.1. The molecular weight excluding hydrogens is 512 g/mol. The number of nitrogens with zero attached hydrogens (tertiary/aromatic N) is 5. The molecule has 3 aromatic rings. The molecule has 2 aromatic heterocycles. The van der Waals surface area contributed by atoms with Crippen LogP contribution in [0.5, 0.6) is 5.88 Å². The maximum Gasteiger partial charge on any atom is 0.238 e. The Hall–Kier alpha value is -3.98. The third-order valence-electron chi connectivity index (χ3n) is 6.74. The second-order valence-corrected chi connectivity index (χ2v) is 10.9. The Morgan fingerprint density at radius 1 is 1.32 bits per heavy atom. The molecule has 1 amide bonds. The Bertz CT molecular complexity index is 1490. The number of rotatable bonds is 6. The average molecular weight is 540 g/mol. The van der Waals surface area contributed by atoms with Gasteiger partial charge in [-0.1, -0.05) is 24.6 Å². The summed E-state index contributed by atoms with van der Waals surface area (Å²) in [6.07, 6.45) is 8.11. The van der Waals surface area contributed by atoms with E-state index in [1.807, 2.05) is 0 Å². The highest BCUT2D eigenvalue weighted by molar-refractivity contribution is 8.15. The van der Waals surface area contributed by atoms with Crippen LogP contribution in [0.3, 0.4) is 0 Å². The zero-order valence-electron chi connectivity index (χ0n) is 21.5. The molecule has 1 aliphatic rings. The number of carbonyl (C=O) groups excluding carboxylic acids is 1. The Labute approximate surface area is 223 Å². The van der Waals surface area contributed by atoms with E-state index in [0.717, 1.165) is 17.8 Å². The van der Waals surface area contributed by atoms with Crippen LogP contribution >= 0.6 is 11.8 Å². The number of pyridine rings is 1. The fraction of sp³-hybridized carbons (Fsp3) is 0.346. The summed E-state index contributed by atoms with van der Waals surface area (Å²) in [6.45, 7) is 5.20. The molecule has 0 fully saturated rings. The van der Waals surface area contributed by atoms with Crippen molar-refractivity contribution in [1.29, 1.82) is 0 Å². The maximum atomic E-state index is 15.4. The number of nitrogens with two attached hydrogens (primary N) is 1. The van der Waals surface area contributed by atoms with Gasteiger partial charge in [0.05, 0.1) is 17.3 Å². The molecule has 12 heteroatoms. The molecule has 9 nitrogen and oxygen atoms in total. The number of carbonyl (C=O) groups is 1. The first-order valence-electron chi connectivity index (χ1n) is 11.6. The largest absolute Gasteiger partial charge is 0.463 e. The molecule has 4 rings (SSSR count). The Morgan fingerprint density at radius 3 is 2.74 bits per heavy atom. The molecule has 0 aliphatic carbocycles. The average Bonchev–Trinajstić information content (AvgIpc) is 2.87. The minimum Gasteiger partial charge on any atom is -0.463 e. The molecule has 3 N–H and O–H groups in total. The van der Waals surface area contributed by atoms with Gasteiger partial charge in [-0.15, -0.1) is 6.42 Å². The molecule has 0 spiro atoms. The predicted octanol–water partition coefficient (Wildman–Crippen LogP) is 3.82. The van der Waals surface area contributed by atoms with Gasteiger partial charge in [0.1, 0.15) is 10.3 Å². The number of benzene rings is 1. The molecular formula is C26H27F2N7O2S. The molecule has 1 aromatic carbocycles. The number of terminal acetylenes is 1. The lowest BCUT2D eigenvalue weighted by molar-refractivity contribution is -0.132. The first-order chi connectivity index (χ1) is 17.9. The number of hydrogen-bond donors (Lipinski definition) is 2. The van der Waals surface area contributed by atoms with Gasteiger partial charge < -0.3 is 20.7 Å². The van der Waals surface area contributed by atoms with Crippen LogP contribution in [0.1, 0.15) is 26.3 Å². The van der Waals surface area contributed by atoms with Crippen molar-refractivity contribution in [2.75, 3.05) is 26.0 Å². The Kier molecular flexibility index (Phi) is 7.16. The summed E-state index contributed by atoms with van der Waals surface area (Å²) in [7, 11) is 3.27. The highest BCUT2D eigenvalue weighted by Crippen LogP contribution is 2.51. The van der Waals surface area contributed by atoms with Crippen molar-refractivity contribution in [2.24, 2.45) is 16.6 Å². The number of anilines is 2. The van der Waals surface area contributed by atoms with Crippen molar-refractivity contribution < 1.29 is 18.3 Å². The first-order valence-corrected chi connectivity index (χ1v) is 12.4. The Morgan fingerprint density at radius 2 is 2.05 bits per heavy atom. The zero-order chi connectivity index (χ0) is 27.8. The van der Waals surface area contributed by atoms with E-state index >= 15 is 8.78 Å². The van der Waals surface area contributed by atoms with E-state index in [4.69, 9.17) is 16.9 Å². The lowest BCUT2D eigenvalue weighted by atomic mass is 9.73. The van der Waals surface area contributed by atoms with Crippen LogP contribution in [0, 0.1) is 29.9 Å². The standard InChI is InChI=1S/C26H27F2N7O2S/c1-7-10-37-19-13-31-21-18(33-19)8-9-30-22(21)32-15-11-16(20(28)17(27)12-15)25(3)14(2)26(4,23(36)35(5)6)38-24(29)34-25/h1,8-9,11-14H,10H2,2-6H3,(H2,29,34)(H,30,32)/t14-,25-,26-/m0/s1. The number of nitrogens with one attached hydrogen (secondary N) is 1. The summed E-state index contributed by atoms with van der Waals surface area (Å²) in [6, 6.07) is 4.09. The van der Waals surface area contributed by atoms with Gasteiger partial charge in [0.25, 0.3) is 0 Å². The van der Waals surface area contributed by atoms with Crippen molar-refractivity contribution in [2.45, 2.75) is 31.1 Å². The van der Waals surface area contributed by atoms with Crippen LogP contribution in [0.25, 0.3) is 11.0 Å². The summed E-state index contributed by atoms with van der Waals surface area (Å²) < 4.78 is 34.6. The van der Waals surface area contributed by atoms with E-state index in [1.165, 1.54) is 23.4 Å². The van der Waals surface area contributed by atoms with Crippen LogP contribution in [-0.4, -0.2) is 56.4 Å². The SMILES string of the molecule is C#CCOc1cnc2c(Nc3cc(F)c(F)c([C@@]4(C)N=C(N)S[C@](C)(C(=O)N(C)C)[C@H]4C)c3)nccc2n1. The van der Waals surface area contributed by atoms with Crippen LogP contribution in [0.15, 0.2) is 35.6 Å². The van der Waals surface area contributed by atoms with Gasteiger partial charge in [0, 0.05) is 43.5 Å². The van der Waals surface area contributed by atoms with Crippen molar-refractivity contribution in [1.82, 2.24) is 19.9 Å². The van der Waals surface area contributed by atoms with Gasteiger partial charge in [0.2, 0.25) is 11.8 Å². The van der Waals surface area contributed by atoms with Crippen molar-refractivity contribution >= 4 is 45.4 Å². The highest BCUT2D eigenvalue weighted by atomic mass is 32.2. The van der Waals surface area contributed by atoms with E-state index < -0.39 is 27.8 Å². The lowest BCUT2D eigenvalue weighted by Crippen LogP contribution is -2.56. The minimum absolute atomic E-state index is 0.0376. The number of amides is 1. The summed E-state index contributed by atoms with van der Waals surface area (Å²) in [5.74, 6) is -0.0767. The van der Waals surface area contributed by atoms with E-state index in [2.05, 4.69) is 31.2 Å². The van der Waals surface area contributed by atoms with Gasteiger partial charge >= 0.3 is 0 Å².